The highest BCUT2D eigenvalue weighted by Crippen LogP contribution is 2.18. The lowest BCUT2D eigenvalue weighted by molar-refractivity contribution is 0.406. The molecule has 1 atom stereocenters. The van der Waals surface area contributed by atoms with Gasteiger partial charge in [-0.2, -0.15) is 0 Å². The summed E-state index contributed by atoms with van der Waals surface area (Å²) in [6.07, 6.45) is 5.01. The molecule has 1 aromatic rings. The summed E-state index contributed by atoms with van der Waals surface area (Å²) >= 11 is 0. The van der Waals surface area contributed by atoms with Crippen LogP contribution in [0.2, 0.25) is 0 Å². The lowest BCUT2D eigenvalue weighted by Crippen LogP contribution is -2.00. The summed E-state index contributed by atoms with van der Waals surface area (Å²) in [7, 11) is 0. The summed E-state index contributed by atoms with van der Waals surface area (Å²) in [5, 5.41) is 9.17. The molecule has 16 heavy (non-hydrogen) atoms. The molecule has 0 fully saturated rings. The van der Waals surface area contributed by atoms with Crippen LogP contribution in [-0.4, -0.2) is 5.11 Å². The number of aromatic hydroxyl groups is 1. The van der Waals surface area contributed by atoms with Gasteiger partial charge < -0.3 is 5.11 Å². The van der Waals surface area contributed by atoms with Crippen molar-refractivity contribution in [2.45, 2.75) is 46.5 Å². The van der Waals surface area contributed by atoms with Gasteiger partial charge in [-0.3, -0.25) is 0 Å². The smallest absolute Gasteiger partial charge is 0.115 e. The second kappa shape index (κ2) is 6.57. The van der Waals surface area contributed by atoms with Crippen LogP contribution in [0.15, 0.2) is 24.3 Å². The second-order valence-electron chi connectivity index (χ2n) is 5.29. The third-order valence-corrected chi connectivity index (χ3v) is 2.97. The predicted molar refractivity (Wildman–Crippen MR) is 69.7 cm³/mol. The first-order valence-corrected chi connectivity index (χ1v) is 6.36. The number of aryl methyl sites for hydroxylation is 1. The quantitative estimate of drug-likeness (QED) is 0.753. The van der Waals surface area contributed by atoms with Crippen LogP contribution in [0.25, 0.3) is 0 Å². The number of hydrogen-bond acceptors (Lipinski definition) is 1. The van der Waals surface area contributed by atoms with E-state index in [4.69, 9.17) is 5.11 Å². The Labute approximate surface area is 99.5 Å². The Morgan fingerprint density at radius 2 is 1.69 bits per heavy atom. The van der Waals surface area contributed by atoms with Crippen LogP contribution in [0.1, 0.15) is 45.6 Å². The molecule has 0 aliphatic heterocycles. The molecule has 90 valence electrons. The van der Waals surface area contributed by atoms with Crippen LogP contribution < -0.4 is 0 Å². The van der Waals surface area contributed by atoms with E-state index < -0.39 is 0 Å². The predicted octanol–water partition coefficient (Wildman–Crippen LogP) is 4.40. The Kier molecular flexibility index (Phi) is 5.37. The first kappa shape index (κ1) is 13.1. The van der Waals surface area contributed by atoms with Crippen molar-refractivity contribution in [3.05, 3.63) is 29.8 Å². The van der Waals surface area contributed by atoms with E-state index in [-0.39, 0.29) is 0 Å². The summed E-state index contributed by atoms with van der Waals surface area (Å²) in [5.74, 6) is 2.00. The molecular weight excluding hydrogens is 196 g/mol. The Hall–Kier alpha value is -0.980. The molecule has 0 saturated carbocycles. The summed E-state index contributed by atoms with van der Waals surface area (Å²) in [5.41, 5.74) is 1.33. The fourth-order valence-electron chi connectivity index (χ4n) is 2.24. The number of phenols is 1. The van der Waals surface area contributed by atoms with E-state index in [2.05, 4.69) is 20.8 Å². The van der Waals surface area contributed by atoms with Gasteiger partial charge in [-0.25, -0.2) is 0 Å². The highest BCUT2D eigenvalue weighted by molar-refractivity contribution is 5.25. The van der Waals surface area contributed by atoms with Crippen LogP contribution in [0.3, 0.4) is 0 Å². The molecule has 0 aliphatic rings. The first-order chi connectivity index (χ1) is 7.58. The average molecular weight is 220 g/mol. The molecule has 0 radical (unpaired) electrons. The molecule has 1 N–H and O–H groups in total. The van der Waals surface area contributed by atoms with Gasteiger partial charge in [0.2, 0.25) is 0 Å². The van der Waals surface area contributed by atoms with Gasteiger partial charge in [-0.1, -0.05) is 39.3 Å². The van der Waals surface area contributed by atoms with Crippen molar-refractivity contribution < 1.29 is 5.11 Å². The molecule has 1 rings (SSSR count). The summed E-state index contributed by atoms with van der Waals surface area (Å²) in [6.45, 7) is 6.92. The minimum atomic E-state index is 0.358. The number of hydrogen-bond donors (Lipinski definition) is 1. The average Bonchev–Trinajstić information content (AvgIpc) is 2.20. The van der Waals surface area contributed by atoms with Crippen molar-refractivity contribution in [1.29, 1.82) is 0 Å². The van der Waals surface area contributed by atoms with E-state index in [0.717, 1.165) is 18.3 Å². The van der Waals surface area contributed by atoms with Crippen molar-refractivity contribution in [3.8, 4) is 5.75 Å². The van der Waals surface area contributed by atoms with Gasteiger partial charge in [0, 0.05) is 0 Å². The normalized spacial score (nSPS) is 13.0. The van der Waals surface area contributed by atoms with Crippen LogP contribution in [0.4, 0.5) is 0 Å². The van der Waals surface area contributed by atoms with E-state index >= 15 is 0 Å². The van der Waals surface area contributed by atoms with Gasteiger partial charge in [-0.15, -0.1) is 0 Å². The van der Waals surface area contributed by atoms with Gasteiger partial charge in [0.1, 0.15) is 5.75 Å². The monoisotopic (exact) mass is 220 g/mol. The lowest BCUT2D eigenvalue weighted by atomic mass is 9.93. The molecule has 0 aromatic heterocycles. The summed E-state index contributed by atoms with van der Waals surface area (Å²) in [4.78, 5) is 0. The molecule has 1 heteroatoms. The fourth-order valence-corrected chi connectivity index (χ4v) is 2.24. The number of phenolic OH excluding ortho intramolecular Hbond substituents is 1. The van der Waals surface area contributed by atoms with Crippen LogP contribution >= 0.6 is 0 Å². The van der Waals surface area contributed by atoms with Crippen LogP contribution in [0, 0.1) is 11.8 Å². The van der Waals surface area contributed by atoms with E-state index in [9.17, 15) is 0 Å². The molecule has 1 unspecified atom stereocenters. The molecule has 1 aromatic carbocycles. The van der Waals surface area contributed by atoms with E-state index in [0.29, 0.717) is 5.75 Å². The molecule has 0 aliphatic carbocycles. The Balaban J connectivity index is 2.22. The fraction of sp³-hybridized carbons (Fsp3) is 0.600. The Morgan fingerprint density at radius 3 is 2.25 bits per heavy atom. The van der Waals surface area contributed by atoms with E-state index in [1.54, 1.807) is 12.1 Å². The maximum atomic E-state index is 9.17. The third-order valence-electron chi connectivity index (χ3n) is 2.97. The van der Waals surface area contributed by atoms with Crippen LogP contribution in [-0.2, 0) is 6.42 Å². The molecule has 0 amide bonds. The van der Waals surface area contributed by atoms with Gasteiger partial charge in [0.25, 0.3) is 0 Å². The maximum Gasteiger partial charge on any atom is 0.115 e. The summed E-state index contributed by atoms with van der Waals surface area (Å²) in [6, 6.07) is 7.57. The largest absolute Gasteiger partial charge is 0.508 e. The van der Waals surface area contributed by atoms with Gasteiger partial charge in [-0.05, 0) is 48.8 Å². The van der Waals surface area contributed by atoms with Gasteiger partial charge >= 0.3 is 0 Å². The van der Waals surface area contributed by atoms with E-state index in [1.165, 1.54) is 24.8 Å². The van der Waals surface area contributed by atoms with Crippen LogP contribution in [0.5, 0.6) is 5.75 Å². The highest BCUT2D eigenvalue weighted by Gasteiger charge is 2.04. The second-order valence-corrected chi connectivity index (χ2v) is 5.29. The summed E-state index contributed by atoms with van der Waals surface area (Å²) < 4.78 is 0. The standard InChI is InChI=1S/C15H24O/c1-12(2)11-13(3)5-4-6-14-7-9-15(16)10-8-14/h7-10,12-13,16H,4-6,11H2,1-3H3. The molecule has 0 saturated heterocycles. The Bertz CT molecular complexity index is 287. The van der Waals surface area contributed by atoms with Crippen molar-refractivity contribution in [1.82, 2.24) is 0 Å². The lowest BCUT2D eigenvalue weighted by Gasteiger charge is -2.13. The van der Waals surface area contributed by atoms with E-state index in [1.807, 2.05) is 12.1 Å². The molecular formula is C15H24O. The van der Waals surface area contributed by atoms with Gasteiger partial charge in [0.05, 0.1) is 0 Å². The van der Waals surface area contributed by atoms with Gasteiger partial charge in [0.15, 0.2) is 0 Å². The maximum absolute atomic E-state index is 9.17. The SMILES string of the molecule is CC(C)CC(C)CCCc1ccc(O)cc1. The van der Waals surface area contributed by atoms with Crippen molar-refractivity contribution in [2.75, 3.05) is 0 Å². The highest BCUT2D eigenvalue weighted by atomic mass is 16.3. The molecule has 0 heterocycles. The molecule has 0 spiro atoms. The van der Waals surface area contributed by atoms with Crippen molar-refractivity contribution in [3.63, 3.8) is 0 Å². The molecule has 1 nitrogen and oxygen atoms in total. The molecule has 0 bridgehead atoms. The topological polar surface area (TPSA) is 20.2 Å². The number of benzene rings is 1. The Morgan fingerprint density at radius 1 is 1.06 bits per heavy atom. The third kappa shape index (κ3) is 5.20. The minimum Gasteiger partial charge on any atom is -0.508 e. The number of rotatable bonds is 6. The first-order valence-electron chi connectivity index (χ1n) is 6.36. The minimum absolute atomic E-state index is 0.358. The zero-order chi connectivity index (χ0) is 12.0. The zero-order valence-electron chi connectivity index (χ0n) is 10.7. The zero-order valence-corrected chi connectivity index (χ0v) is 10.7. The van der Waals surface area contributed by atoms with Crippen molar-refractivity contribution in [2.24, 2.45) is 11.8 Å². The van der Waals surface area contributed by atoms with Crippen molar-refractivity contribution >= 4 is 0 Å².